The van der Waals surface area contributed by atoms with Crippen molar-refractivity contribution in [3.8, 4) is 0 Å². The van der Waals surface area contributed by atoms with Gasteiger partial charge in [-0.2, -0.15) is 5.10 Å². The lowest BCUT2D eigenvalue weighted by atomic mass is 10.2. The molecule has 0 atom stereocenters. The number of aromatic nitrogens is 2. The number of rotatable bonds is 3. The van der Waals surface area contributed by atoms with Gasteiger partial charge in [-0.1, -0.05) is 0 Å². The summed E-state index contributed by atoms with van der Waals surface area (Å²) in [6, 6.07) is 2.41. The van der Waals surface area contributed by atoms with Crippen LogP contribution in [0.25, 0.3) is 0 Å². The second-order valence-electron chi connectivity index (χ2n) is 3.13. The van der Waals surface area contributed by atoms with E-state index >= 15 is 0 Å². The summed E-state index contributed by atoms with van der Waals surface area (Å²) in [4.78, 5) is 21.4. The molecule has 0 unspecified atom stereocenters. The van der Waals surface area contributed by atoms with Crippen LogP contribution >= 0.6 is 0 Å². The Morgan fingerprint density at radius 2 is 2.31 bits per heavy atom. The van der Waals surface area contributed by atoms with Crippen LogP contribution in [0.5, 0.6) is 0 Å². The van der Waals surface area contributed by atoms with Crippen molar-refractivity contribution in [2.45, 2.75) is 0 Å². The van der Waals surface area contributed by atoms with Gasteiger partial charge in [0, 0.05) is 13.2 Å². The maximum absolute atomic E-state index is 11.7. The molecular formula is C9H7N3O4. The molecule has 0 spiro atoms. The van der Waals surface area contributed by atoms with E-state index < -0.39 is 16.6 Å². The van der Waals surface area contributed by atoms with E-state index in [-0.39, 0.29) is 5.76 Å². The average molecular weight is 221 g/mol. The summed E-state index contributed by atoms with van der Waals surface area (Å²) in [6.07, 6.45) is 2.88. The molecule has 7 nitrogen and oxygen atoms in total. The lowest BCUT2D eigenvalue weighted by molar-refractivity contribution is -0.402. The van der Waals surface area contributed by atoms with Crippen molar-refractivity contribution >= 4 is 11.7 Å². The van der Waals surface area contributed by atoms with Gasteiger partial charge in [0.15, 0.2) is 5.76 Å². The number of nitro groups is 1. The van der Waals surface area contributed by atoms with E-state index in [0.29, 0.717) is 5.56 Å². The SMILES string of the molecule is Cn1cc(C(=O)c2ccc([N+](=O)[O-])o2)cn1. The smallest absolute Gasteiger partial charge is 0.397 e. The zero-order valence-corrected chi connectivity index (χ0v) is 8.28. The molecule has 82 valence electrons. The van der Waals surface area contributed by atoms with Crippen molar-refractivity contribution in [1.82, 2.24) is 9.78 Å². The first-order valence-electron chi connectivity index (χ1n) is 4.35. The number of carbonyl (C=O) groups is 1. The van der Waals surface area contributed by atoms with Crippen LogP contribution < -0.4 is 0 Å². The van der Waals surface area contributed by atoms with E-state index in [1.807, 2.05) is 0 Å². The van der Waals surface area contributed by atoms with Crippen LogP contribution in [0, 0.1) is 10.1 Å². The fourth-order valence-corrected chi connectivity index (χ4v) is 1.23. The number of carbonyl (C=O) groups excluding carboxylic acids is 1. The molecule has 0 amide bonds. The Balaban J connectivity index is 2.30. The highest BCUT2D eigenvalue weighted by Crippen LogP contribution is 2.18. The zero-order valence-electron chi connectivity index (χ0n) is 8.28. The number of furan rings is 1. The maximum Gasteiger partial charge on any atom is 0.433 e. The van der Waals surface area contributed by atoms with Crippen molar-refractivity contribution in [2.24, 2.45) is 7.05 Å². The molecule has 2 heterocycles. The molecule has 0 fully saturated rings. The van der Waals surface area contributed by atoms with E-state index in [2.05, 4.69) is 5.10 Å². The Morgan fingerprint density at radius 3 is 2.81 bits per heavy atom. The summed E-state index contributed by atoms with van der Waals surface area (Å²) >= 11 is 0. The molecule has 0 radical (unpaired) electrons. The van der Waals surface area contributed by atoms with E-state index in [0.717, 1.165) is 6.07 Å². The van der Waals surface area contributed by atoms with E-state index in [4.69, 9.17) is 4.42 Å². The number of hydrogen-bond acceptors (Lipinski definition) is 5. The van der Waals surface area contributed by atoms with Gasteiger partial charge in [-0.3, -0.25) is 19.6 Å². The van der Waals surface area contributed by atoms with Crippen LogP contribution in [0.15, 0.2) is 28.9 Å². The standard InChI is InChI=1S/C9H7N3O4/c1-11-5-6(4-10-11)9(13)7-2-3-8(16-7)12(14)15/h2-5H,1H3. The molecule has 0 aliphatic carbocycles. The van der Waals surface area contributed by atoms with Crippen LogP contribution in [0.4, 0.5) is 5.88 Å². The first kappa shape index (κ1) is 10.1. The van der Waals surface area contributed by atoms with Gasteiger partial charge in [-0.15, -0.1) is 0 Å². The van der Waals surface area contributed by atoms with Crippen LogP contribution in [-0.4, -0.2) is 20.5 Å². The lowest BCUT2D eigenvalue weighted by Gasteiger charge is -1.90. The Labute approximate surface area is 89.4 Å². The fourth-order valence-electron chi connectivity index (χ4n) is 1.23. The summed E-state index contributed by atoms with van der Waals surface area (Å²) < 4.78 is 6.25. The summed E-state index contributed by atoms with van der Waals surface area (Å²) in [6.45, 7) is 0. The highest BCUT2D eigenvalue weighted by Gasteiger charge is 2.19. The number of hydrogen-bond donors (Lipinski definition) is 0. The first-order valence-corrected chi connectivity index (χ1v) is 4.35. The third-order valence-electron chi connectivity index (χ3n) is 1.96. The van der Waals surface area contributed by atoms with Gasteiger partial charge >= 0.3 is 5.88 Å². The molecule has 0 saturated heterocycles. The van der Waals surface area contributed by atoms with Gasteiger partial charge in [0.25, 0.3) is 0 Å². The monoisotopic (exact) mass is 221 g/mol. The summed E-state index contributed by atoms with van der Waals surface area (Å²) in [7, 11) is 1.67. The van der Waals surface area contributed by atoms with Crippen molar-refractivity contribution in [2.75, 3.05) is 0 Å². The van der Waals surface area contributed by atoms with Crippen molar-refractivity contribution in [1.29, 1.82) is 0 Å². The Morgan fingerprint density at radius 1 is 1.56 bits per heavy atom. The number of nitrogens with zero attached hydrogens (tertiary/aromatic N) is 3. The largest absolute Gasteiger partial charge is 0.433 e. The van der Waals surface area contributed by atoms with Gasteiger partial charge in [-0.25, -0.2) is 0 Å². The van der Waals surface area contributed by atoms with Crippen molar-refractivity contribution < 1.29 is 14.1 Å². The van der Waals surface area contributed by atoms with Crippen molar-refractivity contribution in [3.05, 3.63) is 46.0 Å². The summed E-state index contributed by atoms with van der Waals surface area (Å²) in [5.41, 5.74) is 0.326. The predicted molar refractivity (Wildman–Crippen MR) is 52.0 cm³/mol. The summed E-state index contributed by atoms with van der Waals surface area (Å²) in [5, 5.41) is 14.2. The Bertz CT molecular complexity index is 555. The average Bonchev–Trinajstić information content (AvgIpc) is 2.84. The minimum absolute atomic E-state index is 0.0697. The highest BCUT2D eigenvalue weighted by molar-refractivity contribution is 6.06. The summed E-state index contributed by atoms with van der Waals surface area (Å²) in [5.74, 6) is -0.951. The molecular weight excluding hydrogens is 214 g/mol. The topological polar surface area (TPSA) is 91.2 Å². The molecule has 2 rings (SSSR count). The molecule has 0 aromatic carbocycles. The van der Waals surface area contributed by atoms with Crippen LogP contribution in [0.3, 0.4) is 0 Å². The molecule has 0 N–H and O–H groups in total. The predicted octanol–water partition coefficient (Wildman–Crippen LogP) is 1.15. The fraction of sp³-hybridized carbons (Fsp3) is 0.111. The van der Waals surface area contributed by atoms with Crippen molar-refractivity contribution in [3.63, 3.8) is 0 Å². The minimum atomic E-state index is -0.694. The normalized spacial score (nSPS) is 10.3. The van der Waals surface area contributed by atoms with E-state index in [9.17, 15) is 14.9 Å². The molecule has 0 aliphatic rings. The quantitative estimate of drug-likeness (QED) is 0.440. The molecule has 0 aliphatic heterocycles. The molecule has 7 heteroatoms. The van der Waals surface area contributed by atoms with Crippen LogP contribution in [-0.2, 0) is 7.05 Å². The van der Waals surface area contributed by atoms with Gasteiger partial charge in [0.1, 0.15) is 4.92 Å². The Kier molecular flexibility index (Phi) is 2.28. The van der Waals surface area contributed by atoms with Gasteiger partial charge in [0.2, 0.25) is 5.78 Å². The Hall–Kier alpha value is -2.44. The highest BCUT2D eigenvalue weighted by atomic mass is 16.6. The minimum Gasteiger partial charge on any atom is -0.397 e. The van der Waals surface area contributed by atoms with Gasteiger partial charge in [-0.05, 0) is 6.07 Å². The molecule has 0 saturated carbocycles. The van der Waals surface area contributed by atoms with E-state index in [1.165, 1.54) is 23.1 Å². The van der Waals surface area contributed by atoms with Crippen LogP contribution in [0.2, 0.25) is 0 Å². The third kappa shape index (κ3) is 1.70. The molecule has 0 bridgehead atoms. The molecule has 2 aromatic rings. The lowest BCUT2D eigenvalue weighted by Crippen LogP contribution is -1.97. The first-order chi connectivity index (χ1) is 7.58. The molecule has 16 heavy (non-hydrogen) atoms. The second kappa shape index (κ2) is 3.61. The molecule has 2 aromatic heterocycles. The zero-order chi connectivity index (χ0) is 11.7. The van der Waals surface area contributed by atoms with Gasteiger partial charge in [0.05, 0.1) is 17.8 Å². The van der Waals surface area contributed by atoms with Crippen LogP contribution in [0.1, 0.15) is 16.1 Å². The number of aryl methyl sites for hydroxylation is 1. The number of ketones is 1. The van der Waals surface area contributed by atoms with E-state index in [1.54, 1.807) is 7.05 Å². The third-order valence-corrected chi connectivity index (χ3v) is 1.96. The maximum atomic E-state index is 11.7. The van der Waals surface area contributed by atoms with Gasteiger partial charge < -0.3 is 4.42 Å². The second-order valence-corrected chi connectivity index (χ2v) is 3.13.